The van der Waals surface area contributed by atoms with E-state index in [9.17, 15) is 20.0 Å². The van der Waals surface area contributed by atoms with Crippen molar-refractivity contribution in [3.63, 3.8) is 0 Å². The number of non-ortho nitro benzene ring substituents is 1. The number of likely N-dealkylation sites (N-methyl/N-ethyl adjacent to an activating group) is 1. The molecule has 2 rings (SSSR count). The molecule has 0 bridgehead atoms. The standard InChI is InChI=1S/C13H17N3O4/c1-8-5-9(16(19)20)3-4-10(8)13(18)15(2)11-6-14-7-12(11)17/h3-5,11-12,14,17H,6-7H2,1-2H3/t11-,12-/m1/s1. The number of hydrogen-bond acceptors (Lipinski definition) is 5. The number of amides is 1. The number of hydrogen-bond donors (Lipinski definition) is 2. The summed E-state index contributed by atoms with van der Waals surface area (Å²) in [7, 11) is 1.63. The Bertz CT molecular complexity index is 546. The fourth-order valence-corrected chi connectivity index (χ4v) is 2.39. The first kappa shape index (κ1) is 14.4. The van der Waals surface area contributed by atoms with Crippen LogP contribution in [0.15, 0.2) is 18.2 Å². The van der Waals surface area contributed by atoms with Gasteiger partial charge in [0.25, 0.3) is 11.6 Å². The maximum absolute atomic E-state index is 12.4. The van der Waals surface area contributed by atoms with Crippen molar-refractivity contribution in [1.29, 1.82) is 0 Å². The monoisotopic (exact) mass is 279 g/mol. The molecule has 7 nitrogen and oxygen atoms in total. The van der Waals surface area contributed by atoms with Crippen LogP contribution in [0, 0.1) is 17.0 Å². The molecule has 20 heavy (non-hydrogen) atoms. The summed E-state index contributed by atoms with van der Waals surface area (Å²) in [6.45, 7) is 2.66. The lowest BCUT2D eigenvalue weighted by Crippen LogP contribution is -2.44. The number of benzene rings is 1. The van der Waals surface area contributed by atoms with E-state index in [2.05, 4.69) is 5.32 Å². The van der Waals surface area contributed by atoms with E-state index in [0.29, 0.717) is 24.2 Å². The van der Waals surface area contributed by atoms with E-state index >= 15 is 0 Å². The van der Waals surface area contributed by atoms with Crippen molar-refractivity contribution in [3.05, 3.63) is 39.4 Å². The van der Waals surface area contributed by atoms with Gasteiger partial charge < -0.3 is 15.3 Å². The summed E-state index contributed by atoms with van der Waals surface area (Å²) < 4.78 is 0. The Labute approximate surface area is 116 Å². The minimum absolute atomic E-state index is 0.0377. The van der Waals surface area contributed by atoms with Crippen LogP contribution in [-0.2, 0) is 0 Å². The van der Waals surface area contributed by atoms with Gasteiger partial charge in [-0.15, -0.1) is 0 Å². The second kappa shape index (κ2) is 5.56. The van der Waals surface area contributed by atoms with Crippen LogP contribution in [0.1, 0.15) is 15.9 Å². The first-order chi connectivity index (χ1) is 9.41. The van der Waals surface area contributed by atoms with Crippen LogP contribution in [0.2, 0.25) is 0 Å². The van der Waals surface area contributed by atoms with Gasteiger partial charge in [0.1, 0.15) is 0 Å². The van der Waals surface area contributed by atoms with Crippen LogP contribution in [0.5, 0.6) is 0 Å². The number of nitro groups is 1. The largest absolute Gasteiger partial charge is 0.390 e. The molecule has 1 saturated heterocycles. The second-order valence-electron chi connectivity index (χ2n) is 4.97. The summed E-state index contributed by atoms with van der Waals surface area (Å²) in [4.78, 5) is 24.1. The molecule has 108 valence electrons. The molecule has 1 aromatic rings. The molecule has 1 amide bonds. The zero-order valence-corrected chi connectivity index (χ0v) is 11.4. The summed E-state index contributed by atoms with van der Waals surface area (Å²) in [6, 6.07) is 3.88. The predicted molar refractivity (Wildman–Crippen MR) is 72.6 cm³/mol. The molecule has 0 saturated carbocycles. The number of aliphatic hydroxyl groups is 1. The minimum Gasteiger partial charge on any atom is -0.390 e. The van der Waals surface area contributed by atoms with E-state index in [-0.39, 0.29) is 17.6 Å². The van der Waals surface area contributed by atoms with Gasteiger partial charge in [-0.3, -0.25) is 14.9 Å². The Balaban J connectivity index is 2.22. The average molecular weight is 279 g/mol. The molecule has 0 aliphatic carbocycles. The Morgan fingerprint density at radius 3 is 2.70 bits per heavy atom. The molecule has 2 atom stereocenters. The summed E-state index contributed by atoms with van der Waals surface area (Å²) in [5.74, 6) is -0.245. The first-order valence-corrected chi connectivity index (χ1v) is 6.33. The molecule has 1 aromatic carbocycles. The van der Waals surface area contributed by atoms with E-state index in [1.807, 2.05) is 0 Å². The van der Waals surface area contributed by atoms with Gasteiger partial charge in [-0.1, -0.05) is 0 Å². The summed E-state index contributed by atoms with van der Waals surface area (Å²) in [5, 5.41) is 23.5. The average Bonchev–Trinajstić information content (AvgIpc) is 2.83. The molecule has 1 aliphatic rings. The van der Waals surface area contributed by atoms with Gasteiger partial charge in [0.2, 0.25) is 0 Å². The van der Waals surface area contributed by atoms with Crippen LogP contribution in [0.4, 0.5) is 5.69 Å². The molecule has 0 aromatic heterocycles. The number of nitrogens with zero attached hydrogens (tertiary/aromatic N) is 2. The number of nitro benzene ring substituents is 1. The van der Waals surface area contributed by atoms with Crippen LogP contribution in [-0.4, -0.2) is 53.1 Å². The quantitative estimate of drug-likeness (QED) is 0.613. The van der Waals surface area contributed by atoms with Crippen molar-refractivity contribution in [3.8, 4) is 0 Å². The Morgan fingerprint density at radius 1 is 1.50 bits per heavy atom. The zero-order chi connectivity index (χ0) is 14.9. The molecule has 0 spiro atoms. The van der Waals surface area contributed by atoms with Crippen molar-refractivity contribution in [2.45, 2.75) is 19.1 Å². The molecular formula is C13H17N3O4. The van der Waals surface area contributed by atoms with Crippen LogP contribution in [0.25, 0.3) is 0 Å². The van der Waals surface area contributed by atoms with E-state index in [1.54, 1.807) is 14.0 Å². The number of aryl methyl sites for hydroxylation is 1. The number of carbonyl (C=O) groups excluding carboxylic acids is 1. The lowest BCUT2D eigenvalue weighted by Gasteiger charge is -2.27. The van der Waals surface area contributed by atoms with Crippen LogP contribution < -0.4 is 5.32 Å². The van der Waals surface area contributed by atoms with Gasteiger partial charge in [-0.25, -0.2) is 0 Å². The van der Waals surface area contributed by atoms with E-state index < -0.39 is 11.0 Å². The van der Waals surface area contributed by atoms with Gasteiger partial charge in [0.15, 0.2) is 0 Å². The summed E-state index contributed by atoms with van der Waals surface area (Å²) >= 11 is 0. The zero-order valence-electron chi connectivity index (χ0n) is 11.4. The maximum atomic E-state index is 12.4. The molecular weight excluding hydrogens is 262 g/mol. The highest BCUT2D eigenvalue weighted by Crippen LogP contribution is 2.20. The Morgan fingerprint density at radius 2 is 2.20 bits per heavy atom. The predicted octanol–water partition coefficient (Wildman–Crippen LogP) is 0.308. The molecule has 1 aliphatic heterocycles. The number of β-amino-alcohol motifs (C(OH)–C–C–N with tert-alkyl or cyclic N) is 1. The van der Waals surface area contributed by atoms with Crippen LogP contribution in [0.3, 0.4) is 0 Å². The highest BCUT2D eigenvalue weighted by Gasteiger charge is 2.32. The van der Waals surface area contributed by atoms with Crippen molar-refractivity contribution >= 4 is 11.6 Å². The van der Waals surface area contributed by atoms with Gasteiger partial charge in [-0.05, 0) is 18.6 Å². The fourth-order valence-electron chi connectivity index (χ4n) is 2.39. The Kier molecular flexibility index (Phi) is 4.01. The summed E-state index contributed by atoms with van der Waals surface area (Å²) in [5.41, 5.74) is 0.929. The van der Waals surface area contributed by atoms with E-state index in [0.717, 1.165) is 0 Å². The fraction of sp³-hybridized carbons (Fsp3) is 0.462. The number of nitrogens with one attached hydrogen (secondary N) is 1. The number of carbonyl (C=O) groups is 1. The van der Waals surface area contributed by atoms with Crippen LogP contribution >= 0.6 is 0 Å². The van der Waals surface area contributed by atoms with Gasteiger partial charge in [0.05, 0.1) is 17.1 Å². The highest BCUT2D eigenvalue weighted by molar-refractivity contribution is 5.96. The molecule has 0 radical (unpaired) electrons. The van der Waals surface area contributed by atoms with Crippen molar-refractivity contribution in [2.24, 2.45) is 0 Å². The highest BCUT2D eigenvalue weighted by atomic mass is 16.6. The number of aliphatic hydroxyl groups excluding tert-OH is 1. The van der Waals surface area contributed by atoms with E-state index in [1.165, 1.54) is 23.1 Å². The summed E-state index contributed by atoms with van der Waals surface area (Å²) in [6.07, 6.45) is -0.595. The normalized spacial score (nSPS) is 21.8. The minimum atomic E-state index is -0.595. The third-order valence-corrected chi connectivity index (χ3v) is 3.62. The second-order valence-corrected chi connectivity index (χ2v) is 4.97. The van der Waals surface area contributed by atoms with Crippen molar-refractivity contribution in [1.82, 2.24) is 10.2 Å². The first-order valence-electron chi connectivity index (χ1n) is 6.33. The SMILES string of the molecule is Cc1cc([N+](=O)[O-])ccc1C(=O)N(C)[C@@H]1CNC[C@H]1O. The van der Waals surface area contributed by atoms with Crippen molar-refractivity contribution < 1.29 is 14.8 Å². The smallest absolute Gasteiger partial charge is 0.269 e. The molecule has 1 heterocycles. The third kappa shape index (κ3) is 2.63. The molecule has 2 N–H and O–H groups in total. The molecule has 1 fully saturated rings. The van der Waals surface area contributed by atoms with E-state index in [4.69, 9.17) is 0 Å². The molecule has 7 heteroatoms. The Hall–Kier alpha value is -1.99. The topological polar surface area (TPSA) is 95.7 Å². The maximum Gasteiger partial charge on any atom is 0.269 e. The van der Waals surface area contributed by atoms with Crippen molar-refractivity contribution in [2.75, 3.05) is 20.1 Å². The molecule has 0 unspecified atom stereocenters. The van der Waals surface area contributed by atoms with Gasteiger partial charge in [0, 0.05) is 37.8 Å². The lowest BCUT2D eigenvalue weighted by atomic mass is 10.1. The third-order valence-electron chi connectivity index (χ3n) is 3.62. The van der Waals surface area contributed by atoms with Gasteiger partial charge >= 0.3 is 0 Å². The lowest BCUT2D eigenvalue weighted by molar-refractivity contribution is -0.384. The number of rotatable bonds is 3. The van der Waals surface area contributed by atoms with Gasteiger partial charge in [-0.2, -0.15) is 0 Å².